The fraction of sp³-hybridized carbons (Fsp3) is 0.167. The van der Waals surface area contributed by atoms with Gasteiger partial charge >= 0.3 is 12.2 Å². The molecule has 0 spiro atoms. The molecule has 1 rings (SSSR count). The van der Waals surface area contributed by atoms with Crippen molar-refractivity contribution in [2.24, 2.45) is 10.3 Å². The molecule has 2 amide bonds. The fourth-order valence-corrected chi connectivity index (χ4v) is 1.70. The quantitative estimate of drug-likeness (QED) is 0.381. The lowest BCUT2D eigenvalue weighted by Gasteiger charge is -2.21. The Morgan fingerprint density at radius 1 is 0.955 bits per heavy atom. The van der Waals surface area contributed by atoms with E-state index in [0.717, 1.165) is 8.61 Å². The lowest BCUT2D eigenvalue weighted by molar-refractivity contribution is 0.162. The Morgan fingerprint density at radius 2 is 1.32 bits per heavy atom. The second-order valence-corrected chi connectivity index (χ2v) is 4.35. The first kappa shape index (κ1) is 17.9. The van der Waals surface area contributed by atoms with Crippen molar-refractivity contribution in [1.82, 2.24) is 0 Å². The molecule has 0 saturated heterocycles. The van der Waals surface area contributed by atoms with Crippen LogP contribution in [0.15, 0.2) is 34.6 Å². The highest BCUT2D eigenvalue weighted by Gasteiger charge is 2.23. The molecule has 0 fully saturated rings. The number of carbonyl (C=O) groups is 2. The van der Waals surface area contributed by atoms with E-state index in [9.17, 15) is 9.59 Å². The van der Waals surface area contributed by atoms with Crippen LogP contribution in [-0.2, 0) is 9.68 Å². The maximum atomic E-state index is 11.7. The summed E-state index contributed by atoms with van der Waals surface area (Å²) < 4.78 is 1.75. The predicted octanol–water partition coefficient (Wildman–Crippen LogP) is 3.27. The molecule has 10 heteroatoms. The molecule has 0 radical (unpaired) electrons. The van der Waals surface area contributed by atoms with Gasteiger partial charge in [0.1, 0.15) is 0 Å². The summed E-state index contributed by atoms with van der Waals surface area (Å²) in [5.41, 5.74) is 0.490. The number of benzene rings is 1. The van der Waals surface area contributed by atoms with Crippen molar-refractivity contribution < 1.29 is 19.3 Å². The van der Waals surface area contributed by atoms with Crippen LogP contribution in [-0.4, -0.2) is 24.6 Å². The van der Waals surface area contributed by atoms with E-state index in [1.807, 2.05) is 0 Å². The van der Waals surface area contributed by atoms with Crippen LogP contribution in [0.4, 0.5) is 21.0 Å². The molecule has 0 aromatic heterocycles. The van der Waals surface area contributed by atoms with Gasteiger partial charge in [-0.1, -0.05) is 48.1 Å². The van der Waals surface area contributed by atoms with E-state index >= 15 is 0 Å². The first-order chi connectivity index (χ1) is 10.5. The maximum Gasteiger partial charge on any atom is 0.450 e. The molecule has 0 N–H and O–H groups in total. The molecule has 0 unspecified atom stereocenters. The molecule has 0 aliphatic carbocycles. The number of hydrogen-bond acceptors (Lipinski definition) is 8. The van der Waals surface area contributed by atoms with Crippen LogP contribution >= 0.6 is 25.6 Å². The molecule has 0 aliphatic rings. The first-order valence-electron chi connectivity index (χ1n) is 5.97. The van der Waals surface area contributed by atoms with Crippen molar-refractivity contribution in [1.29, 1.82) is 0 Å². The maximum absolute atomic E-state index is 11.7. The Bertz CT molecular complexity index is 543. The third-order valence-corrected chi connectivity index (χ3v) is 2.91. The summed E-state index contributed by atoms with van der Waals surface area (Å²) in [6.45, 7) is 3.17. The number of hydrogen-bond donors (Lipinski definition) is 2. The summed E-state index contributed by atoms with van der Waals surface area (Å²) in [5, 5.41) is 6.72. The van der Waals surface area contributed by atoms with Gasteiger partial charge in [0.25, 0.3) is 0 Å². The van der Waals surface area contributed by atoms with Crippen LogP contribution in [0.3, 0.4) is 0 Å². The van der Waals surface area contributed by atoms with Gasteiger partial charge in [-0.3, -0.25) is 9.68 Å². The molecule has 22 heavy (non-hydrogen) atoms. The zero-order valence-corrected chi connectivity index (χ0v) is 13.6. The van der Waals surface area contributed by atoms with Crippen molar-refractivity contribution in [3.05, 3.63) is 24.3 Å². The minimum Gasteiger partial charge on any atom is -0.297 e. The lowest BCUT2D eigenvalue weighted by Crippen LogP contribution is -2.25. The first-order valence-corrected chi connectivity index (χ1v) is 6.77. The van der Waals surface area contributed by atoms with Gasteiger partial charge in [-0.25, -0.2) is 18.2 Å². The number of nitrogens with zero attached hydrogens (tertiary/aromatic N) is 4. The number of oxime groups is 2. The van der Waals surface area contributed by atoms with E-state index in [2.05, 4.69) is 45.6 Å². The summed E-state index contributed by atoms with van der Waals surface area (Å²) >= 11 is 8.07. The van der Waals surface area contributed by atoms with Crippen LogP contribution < -0.4 is 8.61 Å². The van der Waals surface area contributed by atoms with E-state index < -0.39 is 12.2 Å². The monoisotopic (exact) mass is 342 g/mol. The lowest BCUT2D eigenvalue weighted by atomic mass is 10.2. The highest BCUT2D eigenvalue weighted by atomic mass is 32.1. The van der Waals surface area contributed by atoms with Gasteiger partial charge < -0.3 is 0 Å². The smallest absolute Gasteiger partial charge is 0.297 e. The summed E-state index contributed by atoms with van der Waals surface area (Å²) in [4.78, 5) is 32.6. The number of anilines is 2. The van der Waals surface area contributed by atoms with Gasteiger partial charge in [0.2, 0.25) is 0 Å². The highest BCUT2D eigenvalue weighted by molar-refractivity contribution is 7.83. The SMILES string of the molecule is C/C=N/OC(=O)N(S)c1ccccc1N(S)C(=O)O/N=C/C. The van der Waals surface area contributed by atoms with Crippen molar-refractivity contribution in [3.8, 4) is 0 Å². The summed E-state index contributed by atoms with van der Waals surface area (Å²) in [5.74, 6) is 0. The van der Waals surface area contributed by atoms with Crippen molar-refractivity contribution in [2.45, 2.75) is 13.8 Å². The van der Waals surface area contributed by atoms with Gasteiger partial charge in [-0.05, 0) is 26.0 Å². The third kappa shape index (κ3) is 4.67. The average Bonchev–Trinajstić information content (AvgIpc) is 2.56. The molecule has 118 valence electrons. The van der Waals surface area contributed by atoms with E-state index in [4.69, 9.17) is 0 Å². The Labute approximate surface area is 138 Å². The van der Waals surface area contributed by atoms with Crippen molar-refractivity contribution in [2.75, 3.05) is 8.61 Å². The standard InChI is InChI=1S/C12H14N4O4S2/c1-3-13-19-11(17)15(21)9-7-5-6-8-10(9)16(22)12(18)20-14-4-2/h3-8,21-22H,1-2H3/b13-3+,14-4+. The second kappa shape index (κ2) is 8.95. The van der Waals surface area contributed by atoms with Gasteiger partial charge in [-0.2, -0.15) is 0 Å². The molecular formula is C12H14N4O4S2. The van der Waals surface area contributed by atoms with Gasteiger partial charge in [-0.15, -0.1) is 0 Å². The van der Waals surface area contributed by atoms with Crippen LogP contribution in [0.5, 0.6) is 0 Å². The number of rotatable bonds is 4. The van der Waals surface area contributed by atoms with E-state index in [1.54, 1.807) is 38.1 Å². The molecule has 8 nitrogen and oxygen atoms in total. The number of para-hydroxylation sites is 2. The van der Waals surface area contributed by atoms with Crippen LogP contribution in [0.1, 0.15) is 13.8 Å². The summed E-state index contributed by atoms with van der Waals surface area (Å²) in [6, 6.07) is 6.38. The van der Waals surface area contributed by atoms with E-state index in [0.29, 0.717) is 0 Å². The van der Waals surface area contributed by atoms with Gasteiger partial charge in [0.15, 0.2) is 0 Å². The van der Waals surface area contributed by atoms with Gasteiger partial charge in [0, 0.05) is 12.4 Å². The molecule has 1 aromatic carbocycles. The highest BCUT2D eigenvalue weighted by Crippen LogP contribution is 2.32. The normalized spacial score (nSPS) is 10.7. The largest absolute Gasteiger partial charge is 0.450 e. The van der Waals surface area contributed by atoms with Crippen LogP contribution in [0.2, 0.25) is 0 Å². The number of amides is 2. The van der Waals surface area contributed by atoms with Gasteiger partial charge in [0.05, 0.1) is 11.4 Å². The third-order valence-electron chi connectivity index (χ3n) is 2.16. The molecular weight excluding hydrogens is 328 g/mol. The van der Waals surface area contributed by atoms with Crippen LogP contribution in [0, 0.1) is 0 Å². The minimum absolute atomic E-state index is 0.245. The molecule has 0 heterocycles. The summed E-state index contributed by atoms with van der Waals surface area (Å²) in [6.07, 6.45) is 0.901. The summed E-state index contributed by atoms with van der Waals surface area (Å²) in [7, 11) is 0. The Kier molecular flexibility index (Phi) is 7.26. The molecule has 1 aromatic rings. The minimum atomic E-state index is -0.851. The van der Waals surface area contributed by atoms with Crippen LogP contribution in [0.25, 0.3) is 0 Å². The number of carbonyl (C=O) groups excluding carboxylic acids is 2. The fourth-order valence-electron chi connectivity index (χ4n) is 1.29. The molecule has 0 atom stereocenters. The van der Waals surface area contributed by atoms with E-state index in [-0.39, 0.29) is 11.4 Å². The predicted molar refractivity (Wildman–Crippen MR) is 90.7 cm³/mol. The molecule has 0 aliphatic heterocycles. The van der Waals surface area contributed by atoms with Crippen molar-refractivity contribution in [3.63, 3.8) is 0 Å². The molecule has 0 saturated carbocycles. The van der Waals surface area contributed by atoms with Crippen molar-refractivity contribution >= 4 is 61.6 Å². The zero-order chi connectivity index (χ0) is 16.5. The Hall–Kier alpha value is -2.20. The van der Waals surface area contributed by atoms with E-state index in [1.165, 1.54) is 12.4 Å². The zero-order valence-electron chi connectivity index (χ0n) is 11.8. The topological polar surface area (TPSA) is 83.8 Å². The Morgan fingerprint density at radius 3 is 1.64 bits per heavy atom. The average molecular weight is 342 g/mol. The Balaban J connectivity index is 3.02. The molecule has 0 bridgehead atoms. The second-order valence-electron chi connectivity index (χ2n) is 3.55. The number of thiol groups is 2.